The minimum absolute atomic E-state index is 0.0158. The molecule has 0 saturated heterocycles. The van der Waals surface area contributed by atoms with Gasteiger partial charge in [-0.25, -0.2) is 8.42 Å². The van der Waals surface area contributed by atoms with Crippen LogP contribution in [-0.4, -0.2) is 58.5 Å². The minimum atomic E-state index is -3.54. The van der Waals surface area contributed by atoms with Crippen molar-refractivity contribution in [3.8, 4) is 23.0 Å². The van der Waals surface area contributed by atoms with Gasteiger partial charge in [0.15, 0.2) is 23.0 Å². The number of benzene rings is 2. The number of sulfonamides is 1. The predicted molar refractivity (Wildman–Crippen MR) is 122 cm³/mol. The molecule has 0 unspecified atom stereocenters. The van der Waals surface area contributed by atoms with Crippen molar-refractivity contribution in [2.45, 2.75) is 13.0 Å². The largest absolute Gasteiger partial charge is 0.493 e. The van der Waals surface area contributed by atoms with Gasteiger partial charge < -0.3 is 24.3 Å². The van der Waals surface area contributed by atoms with Gasteiger partial charge in [-0.3, -0.25) is 4.79 Å². The standard InChI is InChI=1S/C23H26N2O7S/c1-29-20-12-17-7-9-25(14-18(17)13-21(20)30-2)33(27,28)10-8-24-23(26)6-4-16-3-5-19-22(11-16)32-15-31-19/h3-6,11-13H,7-10,14-15H2,1-2H3,(H,24,26). The van der Waals surface area contributed by atoms with E-state index in [4.69, 9.17) is 18.9 Å². The van der Waals surface area contributed by atoms with E-state index in [1.54, 1.807) is 38.5 Å². The molecular formula is C23H26N2O7S. The molecule has 0 saturated carbocycles. The van der Waals surface area contributed by atoms with E-state index in [9.17, 15) is 13.2 Å². The van der Waals surface area contributed by atoms with Crippen LogP contribution in [0.3, 0.4) is 0 Å². The van der Waals surface area contributed by atoms with Crippen molar-refractivity contribution in [2.75, 3.05) is 39.9 Å². The number of methoxy groups -OCH3 is 2. The van der Waals surface area contributed by atoms with Crippen LogP contribution in [0.5, 0.6) is 23.0 Å². The van der Waals surface area contributed by atoms with Gasteiger partial charge in [0.1, 0.15) is 0 Å². The normalized spacial score (nSPS) is 15.3. The predicted octanol–water partition coefficient (Wildman–Crippen LogP) is 1.95. The Morgan fingerprint density at radius 1 is 1.09 bits per heavy atom. The number of hydrogen-bond donors (Lipinski definition) is 1. The summed E-state index contributed by atoms with van der Waals surface area (Å²) in [5, 5.41) is 2.63. The maximum atomic E-state index is 12.8. The van der Waals surface area contributed by atoms with Gasteiger partial charge in [0.2, 0.25) is 22.7 Å². The first kappa shape index (κ1) is 22.9. The van der Waals surface area contributed by atoms with E-state index in [0.29, 0.717) is 36.0 Å². The zero-order chi connectivity index (χ0) is 23.4. The van der Waals surface area contributed by atoms with Crippen molar-refractivity contribution < 1.29 is 32.2 Å². The highest BCUT2D eigenvalue weighted by atomic mass is 32.2. The van der Waals surface area contributed by atoms with Crippen LogP contribution in [0.15, 0.2) is 36.4 Å². The molecule has 2 heterocycles. The SMILES string of the molecule is COc1cc2c(cc1OC)CN(S(=O)(=O)CCNC(=O)C=Cc1ccc3c(c1)OCO3)CC2. The van der Waals surface area contributed by atoms with Gasteiger partial charge in [0, 0.05) is 25.7 Å². The Bertz CT molecular complexity index is 1180. The molecule has 2 aliphatic rings. The molecule has 0 spiro atoms. The Morgan fingerprint density at radius 3 is 2.58 bits per heavy atom. The smallest absolute Gasteiger partial charge is 0.244 e. The van der Waals surface area contributed by atoms with E-state index in [0.717, 1.165) is 16.7 Å². The molecule has 0 bridgehead atoms. The highest BCUT2D eigenvalue weighted by Gasteiger charge is 2.27. The number of fused-ring (bicyclic) bond motifs is 2. The molecule has 10 heteroatoms. The van der Waals surface area contributed by atoms with Gasteiger partial charge in [-0.2, -0.15) is 4.31 Å². The van der Waals surface area contributed by atoms with Crippen LogP contribution >= 0.6 is 0 Å². The van der Waals surface area contributed by atoms with E-state index < -0.39 is 10.0 Å². The Kier molecular flexibility index (Phi) is 6.75. The number of ether oxygens (including phenoxy) is 4. The first-order chi connectivity index (χ1) is 15.9. The number of nitrogens with zero attached hydrogens (tertiary/aromatic N) is 1. The van der Waals surface area contributed by atoms with E-state index in [2.05, 4.69) is 5.32 Å². The molecule has 0 aromatic heterocycles. The van der Waals surface area contributed by atoms with Gasteiger partial charge in [-0.15, -0.1) is 0 Å². The van der Waals surface area contributed by atoms with Crippen LogP contribution in [0.1, 0.15) is 16.7 Å². The third-order valence-electron chi connectivity index (χ3n) is 5.56. The van der Waals surface area contributed by atoms with Crippen molar-refractivity contribution in [3.05, 3.63) is 53.1 Å². The van der Waals surface area contributed by atoms with Gasteiger partial charge in [-0.1, -0.05) is 6.07 Å². The van der Waals surface area contributed by atoms with Gasteiger partial charge in [0.05, 0.1) is 20.0 Å². The highest BCUT2D eigenvalue weighted by molar-refractivity contribution is 7.89. The Hall–Kier alpha value is -3.24. The van der Waals surface area contributed by atoms with Gasteiger partial charge >= 0.3 is 0 Å². The third-order valence-corrected chi connectivity index (χ3v) is 7.38. The summed E-state index contributed by atoms with van der Waals surface area (Å²) in [6.45, 7) is 0.836. The lowest BCUT2D eigenvalue weighted by Crippen LogP contribution is -2.40. The molecular weight excluding hydrogens is 448 g/mol. The van der Waals surface area contributed by atoms with Crippen LogP contribution in [0, 0.1) is 0 Å². The van der Waals surface area contributed by atoms with E-state index >= 15 is 0 Å². The number of rotatable bonds is 8. The molecule has 0 atom stereocenters. The monoisotopic (exact) mass is 474 g/mol. The van der Waals surface area contributed by atoms with E-state index in [1.165, 1.54) is 10.4 Å². The number of carbonyl (C=O) groups excluding carboxylic acids is 1. The number of carbonyl (C=O) groups is 1. The van der Waals surface area contributed by atoms with Crippen molar-refractivity contribution in [3.63, 3.8) is 0 Å². The van der Waals surface area contributed by atoms with Crippen molar-refractivity contribution in [1.82, 2.24) is 9.62 Å². The fraction of sp³-hybridized carbons (Fsp3) is 0.348. The second-order valence-electron chi connectivity index (χ2n) is 7.61. The Balaban J connectivity index is 1.31. The molecule has 2 aliphatic heterocycles. The van der Waals surface area contributed by atoms with Crippen LogP contribution in [-0.2, 0) is 27.8 Å². The molecule has 0 fully saturated rings. The van der Waals surface area contributed by atoms with Crippen molar-refractivity contribution in [1.29, 1.82) is 0 Å². The van der Waals surface area contributed by atoms with Crippen LogP contribution in [0.4, 0.5) is 0 Å². The zero-order valence-electron chi connectivity index (χ0n) is 18.5. The third kappa shape index (κ3) is 5.23. The van der Waals surface area contributed by atoms with Gasteiger partial charge in [-0.05, 0) is 53.5 Å². The summed E-state index contributed by atoms with van der Waals surface area (Å²) in [5.41, 5.74) is 2.71. The lowest BCUT2D eigenvalue weighted by Gasteiger charge is -2.29. The summed E-state index contributed by atoms with van der Waals surface area (Å²) in [6, 6.07) is 9.06. The first-order valence-corrected chi connectivity index (χ1v) is 12.1. The highest BCUT2D eigenvalue weighted by Crippen LogP contribution is 2.34. The lowest BCUT2D eigenvalue weighted by molar-refractivity contribution is -0.116. The molecule has 33 heavy (non-hydrogen) atoms. The minimum Gasteiger partial charge on any atom is -0.493 e. The molecule has 0 aliphatic carbocycles. The quantitative estimate of drug-likeness (QED) is 0.584. The molecule has 176 valence electrons. The molecule has 2 aromatic rings. The molecule has 9 nitrogen and oxygen atoms in total. The zero-order valence-corrected chi connectivity index (χ0v) is 19.3. The molecule has 1 N–H and O–H groups in total. The second kappa shape index (κ2) is 9.72. The molecule has 1 amide bonds. The van der Waals surface area contributed by atoms with Crippen LogP contribution in [0.25, 0.3) is 6.08 Å². The lowest BCUT2D eigenvalue weighted by atomic mass is 10.0. The molecule has 4 rings (SSSR count). The average molecular weight is 475 g/mol. The van der Waals surface area contributed by atoms with Crippen molar-refractivity contribution in [2.24, 2.45) is 0 Å². The molecule has 0 radical (unpaired) electrons. The summed E-state index contributed by atoms with van der Waals surface area (Å²) in [7, 11) is -0.420. The summed E-state index contributed by atoms with van der Waals surface area (Å²) in [4.78, 5) is 12.1. The molecule has 2 aromatic carbocycles. The summed E-state index contributed by atoms with van der Waals surface area (Å²) >= 11 is 0. The fourth-order valence-corrected chi connectivity index (χ4v) is 5.10. The fourth-order valence-electron chi connectivity index (χ4n) is 3.77. The summed E-state index contributed by atoms with van der Waals surface area (Å²) in [6.07, 6.45) is 3.58. The summed E-state index contributed by atoms with van der Waals surface area (Å²) in [5.74, 6) is 1.94. The van der Waals surface area contributed by atoms with E-state index in [1.807, 2.05) is 12.1 Å². The Labute approximate surface area is 192 Å². The topological polar surface area (TPSA) is 103 Å². The van der Waals surface area contributed by atoms with Gasteiger partial charge in [0.25, 0.3) is 0 Å². The van der Waals surface area contributed by atoms with Crippen LogP contribution in [0.2, 0.25) is 0 Å². The maximum absolute atomic E-state index is 12.8. The maximum Gasteiger partial charge on any atom is 0.244 e. The first-order valence-electron chi connectivity index (χ1n) is 10.5. The van der Waals surface area contributed by atoms with E-state index in [-0.39, 0.29) is 31.5 Å². The average Bonchev–Trinajstić information content (AvgIpc) is 3.29. The summed E-state index contributed by atoms with van der Waals surface area (Å²) < 4.78 is 48.3. The number of hydrogen-bond acceptors (Lipinski definition) is 7. The second-order valence-corrected chi connectivity index (χ2v) is 9.70. The number of amides is 1. The van der Waals surface area contributed by atoms with Crippen molar-refractivity contribution >= 4 is 22.0 Å². The van der Waals surface area contributed by atoms with Crippen LogP contribution < -0.4 is 24.3 Å². The number of nitrogens with one attached hydrogen (secondary N) is 1. The Morgan fingerprint density at radius 2 is 1.82 bits per heavy atom.